The molecular formula is C25H40O2Y10-4. The van der Waals surface area contributed by atoms with Crippen molar-refractivity contribution in [3.05, 3.63) is 60.3 Å². The molecule has 0 aromatic carbocycles. The van der Waals surface area contributed by atoms with Gasteiger partial charge in [0.25, 0.3) is 0 Å². The summed E-state index contributed by atoms with van der Waals surface area (Å²) >= 11 is 0. The van der Waals surface area contributed by atoms with Crippen LogP contribution in [0.3, 0.4) is 0 Å². The Kier molecular flexibility index (Phi) is 176. The normalized spacial score (nSPS) is 9.16. The Morgan fingerprint density at radius 1 is 0.568 bits per heavy atom. The SMILES string of the molecule is CC[C-]=CCC[C-]=CCC/C(C)=C\CO.CC[C-]=CCC[C-]=CCCCO.[Y].[Y].[Y].[Y].[Y].[Y].[Y].[Y].[Y].[Y]. The van der Waals surface area contributed by atoms with Gasteiger partial charge in [-0.25, -0.2) is 0 Å². The number of unbranched alkanes of at least 4 members (excludes halogenated alkanes) is 3. The van der Waals surface area contributed by atoms with Crippen LogP contribution in [-0.2, 0) is 327 Å². The summed E-state index contributed by atoms with van der Waals surface area (Å²) in [5, 5.41) is 17.1. The summed E-state index contributed by atoms with van der Waals surface area (Å²) in [7, 11) is 0. The van der Waals surface area contributed by atoms with Crippen LogP contribution in [0.25, 0.3) is 0 Å². The molecule has 10 radical (unpaired) electrons. The molecule has 0 aliphatic rings. The quantitative estimate of drug-likeness (QED) is 0.116. The van der Waals surface area contributed by atoms with E-state index in [4.69, 9.17) is 10.2 Å². The molecule has 0 bridgehead atoms. The predicted octanol–water partition coefficient (Wildman–Crippen LogP) is 6.26. The maximum atomic E-state index is 8.65. The van der Waals surface area contributed by atoms with Gasteiger partial charge >= 0.3 is 0 Å². The van der Waals surface area contributed by atoms with Crippen LogP contribution in [0.5, 0.6) is 0 Å². The van der Waals surface area contributed by atoms with Crippen molar-refractivity contribution in [2.24, 2.45) is 0 Å². The van der Waals surface area contributed by atoms with E-state index in [1.807, 2.05) is 19.1 Å². The molecule has 0 saturated heterocycles. The zero-order chi connectivity index (χ0) is 20.4. The fourth-order valence-corrected chi connectivity index (χ4v) is 1.96. The summed E-state index contributed by atoms with van der Waals surface area (Å²) in [6, 6.07) is 0. The number of allylic oxidation sites excluding steroid dienone is 9. The second-order valence-electron chi connectivity index (χ2n) is 6.06. The summed E-state index contributed by atoms with van der Waals surface area (Å²) in [5.41, 5.74) is 1.25. The van der Waals surface area contributed by atoms with E-state index in [0.717, 1.165) is 64.2 Å². The van der Waals surface area contributed by atoms with Crippen LogP contribution in [0.1, 0.15) is 85.0 Å². The number of hydrogen-bond acceptors (Lipinski definition) is 2. The van der Waals surface area contributed by atoms with Gasteiger partial charge < -0.3 is 34.5 Å². The first-order chi connectivity index (χ1) is 13.2. The molecular weight excluding hydrogens is 1220 g/mol. The van der Waals surface area contributed by atoms with Crippen molar-refractivity contribution in [1.82, 2.24) is 0 Å². The molecule has 2 N–H and O–H groups in total. The van der Waals surface area contributed by atoms with Gasteiger partial charge in [-0.3, -0.25) is 24.3 Å². The largest absolute Gasteiger partial charge is 0.501 e. The van der Waals surface area contributed by atoms with Crippen LogP contribution in [0.15, 0.2) is 36.0 Å². The second kappa shape index (κ2) is 80.4. The monoisotopic (exact) mass is 1260 g/mol. The van der Waals surface area contributed by atoms with Crippen LogP contribution in [0.2, 0.25) is 0 Å². The molecule has 0 aliphatic carbocycles. The van der Waals surface area contributed by atoms with Gasteiger partial charge in [0, 0.05) is 334 Å². The molecule has 0 aromatic rings. The smallest absolute Gasteiger partial charge is 0.0614 e. The number of aliphatic hydroxyl groups is 2. The van der Waals surface area contributed by atoms with E-state index < -0.39 is 0 Å². The first kappa shape index (κ1) is 81.0. The fraction of sp³-hybridized carbons (Fsp3) is 0.600. The van der Waals surface area contributed by atoms with Gasteiger partial charge in [0.05, 0.1) is 6.61 Å². The number of rotatable bonds is 15. The van der Waals surface area contributed by atoms with E-state index in [0.29, 0.717) is 0 Å². The van der Waals surface area contributed by atoms with Gasteiger partial charge in [0.2, 0.25) is 0 Å². The van der Waals surface area contributed by atoms with Crippen LogP contribution < -0.4 is 0 Å². The Bertz CT molecular complexity index is 445. The minimum atomic E-state index is 0. The molecule has 0 saturated carbocycles. The average molecular weight is 1260 g/mol. The molecule has 37 heavy (non-hydrogen) atoms. The third-order valence-corrected chi connectivity index (χ3v) is 3.48. The molecule has 0 unspecified atom stereocenters. The molecule has 0 fully saturated rings. The average Bonchev–Trinajstić information content (AvgIpc) is 2.67. The van der Waals surface area contributed by atoms with Crippen LogP contribution >= 0.6 is 0 Å². The molecule has 2 nitrogen and oxygen atoms in total. The first-order valence-electron chi connectivity index (χ1n) is 10.3. The van der Waals surface area contributed by atoms with Crippen molar-refractivity contribution in [3.8, 4) is 0 Å². The summed E-state index contributed by atoms with van der Waals surface area (Å²) in [6.07, 6.45) is 32.7. The summed E-state index contributed by atoms with van der Waals surface area (Å²) < 4.78 is 0. The van der Waals surface area contributed by atoms with Gasteiger partial charge in [-0.15, -0.1) is 0 Å². The molecule has 12 heteroatoms. The predicted molar refractivity (Wildman–Crippen MR) is 117 cm³/mol. The standard InChI is InChI=1S/C14H22O.C11H18O.10Y/c1-3-4-5-6-7-8-9-10-11-14(2)12-13-15;1-2-3-4-5-6-7-8-9-10-11-12;;;;;;;;;;/h5,9,12,15H,3,6-7,10-11,13H2,1-2H3;4,8,12H,2,5-6,9-11H2,1H3;;;;;;;;;;/q2*-2;;;;;;;;;;/b14-12-;;;;;;;;;;;. The molecule has 186 valence electrons. The fourth-order valence-electron chi connectivity index (χ4n) is 1.96. The van der Waals surface area contributed by atoms with Gasteiger partial charge in [0.1, 0.15) is 0 Å². The third kappa shape index (κ3) is 86.8. The van der Waals surface area contributed by atoms with E-state index in [1.165, 1.54) is 5.57 Å². The minimum absolute atomic E-state index is 0. The minimum Gasteiger partial charge on any atom is -0.501 e. The Morgan fingerprint density at radius 2 is 0.946 bits per heavy atom. The zero-order valence-electron chi connectivity index (χ0n) is 23.5. The van der Waals surface area contributed by atoms with E-state index in [9.17, 15) is 0 Å². The molecule has 0 aliphatic heterocycles. The van der Waals surface area contributed by atoms with Crippen molar-refractivity contribution in [2.45, 2.75) is 85.0 Å². The number of hydrogen-bond donors (Lipinski definition) is 2. The van der Waals surface area contributed by atoms with Crippen molar-refractivity contribution in [2.75, 3.05) is 13.2 Å². The van der Waals surface area contributed by atoms with Gasteiger partial charge in [-0.05, 0) is 19.8 Å². The summed E-state index contributed by atoms with van der Waals surface area (Å²) in [6.45, 7) is 6.64. The van der Waals surface area contributed by atoms with Gasteiger partial charge in [-0.1, -0.05) is 51.2 Å². The van der Waals surface area contributed by atoms with Crippen molar-refractivity contribution in [3.63, 3.8) is 0 Å². The summed E-state index contributed by atoms with van der Waals surface area (Å²) in [4.78, 5) is 0. The van der Waals surface area contributed by atoms with E-state index >= 15 is 0 Å². The number of aliphatic hydroxyl groups excluding tert-OH is 2. The van der Waals surface area contributed by atoms with E-state index in [-0.39, 0.29) is 340 Å². The maximum Gasteiger partial charge on any atom is 0.0614 e. The Balaban J connectivity index is -0.0000000269. The third-order valence-electron chi connectivity index (χ3n) is 3.48. The van der Waals surface area contributed by atoms with Crippen LogP contribution in [-0.4, -0.2) is 23.4 Å². The summed E-state index contributed by atoms with van der Waals surface area (Å²) in [5.74, 6) is 0. The molecule has 0 atom stereocenters. The Labute approximate surface area is 482 Å². The van der Waals surface area contributed by atoms with Gasteiger partial charge in [0.15, 0.2) is 0 Å². The van der Waals surface area contributed by atoms with Crippen LogP contribution in [0, 0.1) is 24.3 Å². The molecule has 0 rings (SSSR count). The molecule has 0 spiro atoms. The first-order valence-corrected chi connectivity index (χ1v) is 10.3. The Morgan fingerprint density at radius 3 is 1.30 bits per heavy atom. The van der Waals surface area contributed by atoms with Gasteiger partial charge in [-0.2, -0.15) is 25.7 Å². The van der Waals surface area contributed by atoms with Crippen LogP contribution in [0.4, 0.5) is 0 Å². The van der Waals surface area contributed by atoms with Crippen molar-refractivity contribution >= 4 is 0 Å². The van der Waals surface area contributed by atoms with Crippen molar-refractivity contribution < 1.29 is 337 Å². The molecule has 0 heterocycles. The molecule has 0 aromatic heterocycles. The van der Waals surface area contributed by atoms with Crippen molar-refractivity contribution in [1.29, 1.82) is 0 Å². The topological polar surface area (TPSA) is 40.5 Å². The molecule has 0 amide bonds. The van der Waals surface area contributed by atoms with E-state index in [2.05, 4.69) is 56.4 Å². The van der Waals surface area contributed by atoms with E-state index in [1.54, 1.807) is 0 Å². The Hall–Kier alpha value is 9.66. The zero-order valence-corrected chi connectivity index (χ0v) is 51.9. The second-order valence-corrected chi connectivity index (χ2v) is 6.06. The maximum absolute atomic E-state index is 8.65.